The standard InChI is InChI=1S/C16H19FN2O7/c1-3-25-14(20)8-7-13(16(22)26-4-2)18-15(21)11-6-5-10(19(23)24)9-12(11)17/h5-6,9,13H,3-4,7-8H2,1-2H3,(H,18,21)/t13-/m0/s1. The van der Waals surface area contributed by atoms with Crippen molar-refractivity contribution in [3.05, 3.63) is 39.7 Å². The van der Waals surface area contributed by atoms with E-state index in [0.717, 1.165) is 12.1 Å². The Hall–Kier alpha value is -3.04. The molecule has 0 unspecified atom stereocenters. The van der Waals surface area contributed by atoms with E-state index in [-0.39, 0.29) is 26.1 Å². The number of hydrogen-bond donors (Lipinski definition) is 1. The van der Waals surface area contributed by atoms with Gasteiger partial charge < -0.3 is 14.8 Å². The molecule has 0 heterocycles. The van der Waals surface area contributed by atoms with Gasteiger partial charge >= 0.3 is 11.9 Å². The molecule has 0 aliphatic carbocycles. The summed E-state index contributed by atoms with van der Waals surface area (Å²) in [5.41, 5.74) is -0.982. The fourth-order valence-electron chi connectivity index (χ4n) is 2.02. The average molecular weight is 370 g/mol. The summed E-state index contributed by atoms with van der Waals surface area (Å²) >= 11 is 0. The molecule has 9 nitrogen and oxygen atoms in total. The molecule has 0 saturated carbocycles. The molecular weight excluding hydrogens is 351 g/mol. The van der Waals surface area contributed by atoms with Gasteiger partial charge in [0.1, 0.15) is 11.9 Å². The van der Waals surface area contributed by atoms with Crippen molar-refractivity contribution in [3.8, 4) is 0 Å². The van der Waals surface area contributed by atoms with Gasteiger partial charge in [-0.3, -0.25) is 19.7 Å². The number of non-ortho nitro benzene ring substituents is 1. The Kier molecular flexibility index (Phi) is 8.13. The molecule has 0 aromatic heterocycles. The first-order chi connectivity index (χ1) is 12.3. The minimum absolute atomic E-state index is 0.0521. The molecule has 10 heteroatoms. The topological polar surface area (TPSA) is 125 Å². The van der Waals surface area contributed by atoms with Gasteiger partial charge in [-0.2, -0.15) is 0 Å². The van der Waals surface area contributed by atoms with E-state index in [1.807, 2.05) is 0 Å². The highest BCUT2D eigenvalue weighted by molar-refractivity contribution is 5.97. The molecule has 0 spiro atoms. The zero-order valence-corrected chi connectivity index (χ0v) is 14.3. The lowest BCUT2D eigenvalue weighted by atomic mass is 10.1. The molecule has 1 N–H and O–H groups in total. The highest BCUT2D eigenvalue weighted by Gasteiger charge is 2.25. The van der Waals surface area contributed by atoms with Crippen molar-refractivity contribution < 1.29 is 33.2 Å². The monoisotopic (exact) mass is 370 g/mol. The molecule has 1 amide bonds. The lowest BCUT2D eigenvalue weighted by Crippen LogP contribution is -2.42. The van der Waals surface area contributed by atoms with Crippen LogP contribution in [0, 0.1) is 15.9 Å². The van der Waals surface area contributed by atoms with Crippen molar-refractivity contribution in [3.63, 3.8) is 0 Å². The number of benzene rings is 1. The summed E-state index contributed by atoms with van der Waals surface area (Å²) in [6, 6.07) is 1.32. The van der Waals surface area contributed by atoms with Gasteiger partial charge in [-0.1, -0.05) is 0 Å². The van der Waals surface area contributed by atoms with E-state index in [4.69, 9.17) is 9.47 Å². The predicted molar refractivity (Wildman–Crippen MR) is 86.8 cm³/mol. The summed E-state index contributed by atoms with van der Waals surface area (Å²) in [4.78, 5) is 45.4. The number of nitro groups is 1. The van der Waals surface area contributed by atoms with Crippen molar-refractivity contribution in [1.29, 1.82) is 0 Å². The Morgan fingerprint density at radius 3 is 2.42 bits per heavy atom. The molecule has 0 bridgehead atoms. The Morgan fingerprint density at radius 1 is 1.23 bits per heavy atom. The van der Waals surface area contributed by atoms with E-state index in [1.165, 1.54) is 0 Å². The number of esters is 2. The van der Waals surface area contributed by atoms with Crippen LogP contribution in [-0.2, 0) is 19.1 Å². The SMILES string of the molecule is CCOC(=O)CC[C@H](NC(=O)c1ccc([N+](=O)[O-])cc1F)C(=O)OCC. The van der Waals surface area contributed by atoms with Crippen LogP contribution in [-0.4, -0.2) is 42.0 Å². The zero-order chi connectivity index (χ0) is 19.7. The van der Waals surface area contributed by atoms with Gasteiger partial charge in [-0.15, -0.1) is 0 Å². The van der Waals surface area contributed by atoms with E-state index in [1.54, 1.807) is 13.8 Å². The minimum atomic E-state index is -1.19. The number of hydrogen-bond acceptors (Lipinski definition) is 7. The fraction of sp³-hybridized carbons (Fsp3) is 0.438. The number of ether oxygens (including phenoxy) is 2. The van der Waals surface area contributed by atoms with E-state index >= 15 is 0 Å². The summed E-state index contributed by atoms with van der Waals surface area (Å²) in [5, 5.41) is 12.9. The zero-order valence-electron chi connectivity index (χ0n) is 14.3. The fourth-order valence-corrected chi connectivity index (χ4v) is 2.02. The first kappa shape index (κ1) is 21.0. The lowest BCUT2D eigenvalue weighted by Gasteiger charge is -2.17. The molecule has 1 atom stereocenters. The van der Waals surface area contributed by atoms with E-state index in [0.29, 0.717) is 6.07 Å². The summed E-state index contributed by atoms with van der Waals surface area (Å²) in [6.45, 7) is 3.41. The van der Waals surface area contributed by atoms with Gasteiger partial charge in [0, 0.05) is 12.5 Å². The van der Waals surface area contributed by atoms with Gasteiger partial charge in [0.05, 0.1) is 29.8 Å². The molecule has 142 valence electrons. The van der Waals surface area contributed by atoms with Gasteiger partial charge in [0.25, 0.3) is 11.6 Å². The average Bonchev–Trinajstić information content (AvgIpc) is 2.58. The van der Waals surface area contributed by atoms with E-state index < -0.39 is 45.9 Å². The molecule has 0 aliphatic rings. The number of nitro benzene ring substituents is 1. The van der Waals surface area contributed by atoms with Crippen LogP contribution in [0.1, 0.15) is 37.0 Å². The Bertz CT molecular complexity index is 693. The maximum atomic E-state index is 13.9. The van der Waals surface area contributed by atoms with Crippen LogP contribution in [0.25, 0.3) is 0 Å². The number of carbonyl (C=O) groups excluding carboxylic acids is 3. The van der Waals surface area contributed by atoms with Crippen LogP contribution in [0.3, 0.4) is 0 Å². The Morgan fingerprint density at radius 2 is 1.88 bits per heavy atom. The van der Waals surface area contributed by atoms with Crippen LogP contribution >= 0.6 is 0 Å². The predicted octanol–water partition coefficient (Wildman–Crippen LogP) is 1.74. The van der Waals surface area contributed by atoms with Crippen molar-refractivity contribution in [2.24, 2.45) is 0 Å². The summed E-state index contributed by atoms with van der Waals surface area (Å²) < 4.78 is 23.5. The van der Waals surface area contributed by atoms with Crippen molar-refractivity contribution >= 4 is 23.5 Å². The Labute approximate surface area is 148 Å². The maximum Gasteiger partial charge on any atom is 0.328 e. The highest BCUT2D eigenvalue weighted by atomic mass is 19.1. The molecule has 1 aromatic carbocycles. The van der Waals surface area contributed by atoms with Gasteiger partial charge in [0.15, 0.2) is 0 Å². The minimum Gasteiger partial charge on any atom is -0.466 e. The maximum absolute atomic E-state index is 13.9. The van der Waals surface area contributed by atoms with Gasteiger partial charge in [0.2, 0.25) is 0 Å². The summed E-state index contributed by atoms with van der Waals surface area (Å²) in [6.07, 6.45) is -0.252. The second kappa shape index (κ2) is 10.1. The van der Waals surface area contributed by atoms with Crippen LogP contribution < -0.4 is 5.32 Å². The normalized spacial score (nSPS) is 11.3. The third-order valence-electron chi connectivity index (χ3n) is 3.23. The molecule has 0 saturated heterocycles. The van der Waals surface area contributed by atoms with Crippen LogP contribution in [0.5, 0.6) is 0 Å². The molecule has 0 fully saturated rings. The van der Waals surface area contributed by atoms with Crippen LogP contribution in [0.2, 0.25) is 0 Å². The number of carbonyl (C=O) groups is 3. The van der Waals surface area contributed by atoms with Crippen molar-refractivity contribution in [2.75, 3.05) is 13.2 Å². The van der Waals surface area contributed by atoms with Gasteiger partial charge in [-0.25, -0.2) is 9.18 Å². The molecule has 0 aliphatic heterocycles. The Balaban J connectivity index is 2.88. The third kappa shape index (κ3) is 6.11. The lowest BCUT2D eigenvalue weighted by molar-refractivity contribution is -0.385. The number of rotatable bonds is 9. The summed E-state index contributed by atoms with van der Waals surface area (Å²) in [7, 11) is 0. The number of halogens is 1. The second-order valence-electron chi connectivity index (χ2n) is 5.04. The van der Waals surface area contributed by atoms with Crippen LogP contribution in [0.15, 0.2) is 18.2 Å². The second-order valence-corrected chi connectivity index (χ2v) is 5.04. The van der Waals surface area contributed by atoms with E-state index in [9.17, 15) is 28.9 Å². The first-order valence-corrected chi connectivity index (χ1v) is 7.87. The number of nitrogens with zero attached hydrogens (tertiary/aromatic N) is 1. The van der Waals surface area contributed by atoms with E-state index in [2.05, 4.69) is 5.32 Å². The highest BCUT2D eigenvalue weighted by Crippen LogP contribution is 2.17. The summed E-state index contributed by atoms with van der Waals surface area (Å²) in [5.74, 6) is -3.41. The van der Waals surface area contributed by atoms with Gasteiger partial charge in [-0.05, 0) is 26.3 Å². The molecular formula is C16H19FN2O7. The van der Waals surface area contributed by atoms with Crippen LogP contribution in [0.4, 0.5) is 10.1 Å². The smallest absolute Gasteiger partial charge is 0.328 e. The quantitative estimate of drug-likeness (QED) is 0.399. The molecule has 1 aromatic rings. The molecule has 1 rings (SSSR count). The number of amides is 1. The van der Waals surface area contributed by atoms with Crippen molar-refractivity contribution in [1.82, 2.24) is 5.32 Å². The van der Waals surface area contributed by atoms with Crippen molar-refractivity contribution in [2.45, 2.75) is 32.7 Å². The first-order valence-electron chi connectivity index (χ1n) is 7.87. The molecule has 0 radical (unpaired) electrons. The third-order valence-corrected chi connectivity index (χ3v) is 3.23. The molecule has 26 heavy (non-hydrogen) atoms. The largest absolute Gasteiger partial charge is 0.466 e. The number of nitrogens with one attached hydrogen (secondary N) is 1.